The van der Waals surface area contributed by atoms with Gasteiger partial charge in [-0.1, -0.05) is 0 Å². The van der Waals surface area contributed by atoms with Gasteiger partial charge in [0.05, 0.1) is 0 Å². The lowest BCUT2D eigenvalue weighted by Crippen LogP contribution is -2.03. The van der Waals surface area contributed by atoms with Crippen molar-refractivity contribution >= 4 is 12.4 Å². The van der Waals surface area contributed by atoms with Gasteiger partial charge in [0.15, 0.2) is 0 Å². The van der Waals surface area contributed by atoms with E-state index < -0.39 is 12.7 Å². The van der Waals surface area contributed by atoms with Crippen molar-refractivity contribution in [2.45, 2.75) is 12.7 Å². The molecule has 0 amide bonds. The monoisotopic (exact) mass is 128 g/mol. The van der Waals surface area contributed by atoms with Crippen molar-refractivity contribution in [2.75, 3.05) is 13.1 Å². The molecule has 0 heterocycles. The molecule has 0 fully saturated rings. The van der Waals surface area contributed by atoms with Gasteiger partial charge in [-0.3, -0.25) is 0 Å². The quantitative estimate of drug-likeness (QED) is 0.567. The lowest BCUT2D eigenvalue weighted by atomic mass is 10.3. The summed E-state index contributed by atoms with van der Waals surface area (Å²) in [5.41, 5.74) is 9.99. The van der Waals surface area contributed by atoms with Crippen LogP contribution in [0.5, 0.6) is 0 Å². The normalized spacial score (nSPS) is 20.3. The van der Waals surface area contributed by atoms with E-state index in [1.54, 1.807) is 0 Å². The second-order valence-electron chi connectivity index (χ2n) is 0.762. The lowest BCUT2D eigenvalue weighted by Gasteiger charge is -1.87. The maximum atomic E-state index is 7.06. The Hall–Kier alpha value is 0.210. The Kier molecular flexibility index (Phi) is 4.45. The third-order valence-corrected chi connectivity index (χ3v) is 0.329. The van der Waals surface area contributed by atoms with Gasteiger partial charge in [-0.25, -0.2) is 0 Å². The summed E-state index contributed by atoms with van der Waals surface area (Å²) >= 11 is 0. The van der Waals surface area contributed by atoms with E-state index in [-0.39, 0.29) is 25.5 Å². The van der Waals surface area contributed by atoms with Gasteiger partial charge in [-0.15, -0.1) is 12.4 Å². The highest BCUT2D eigenvalue weighted by Gasteiger charge is 1.75. The standard InChI is InChI=1S/C4H12N2.ClH/c5-3-1-2-4-6;/h1-6H2;1H/i1D2,2D2;. The first-order chi connectivity index (χ1) is 4.37. The molecule has 0 unspecified atom stereocenters. The molecule has 0 aromatic rings. The lowest BCUT2D eigenvalue weighted by molar-refractivity contribution is 0.755. The first kappa shape index (κ1) is 3.28. The molecule has 0 spiro atoms. The zero-order chi connectivity index (χ0) is 8.41. The molecule has 0 atom stereocenters. The molecule has 0 aromatic carbocycles. The first-order valence-corrected chi connectivity index (χ1v) is 1.77. The molecule has 0 bridgehead atoms. The van der Waals surface area contributed by atoms with E-state index in [0.29, 0.717) is 0 Å². The van der Waals surface area contributed by atoms with Crippen LogP contribution in [-0.2, 0) is 0 Å². The molecule has 7 heavy (non-hydrogen) atoms. The van der Waals surface area contributed by atoms with E-state index in [2.05, 4.69) is 0 Å². The summed E-state index contributed by atoms with van der Waals surface area (Å²) in [6.45, 7) is -0.700. The second kappa shape index (κ2) is 9.51. The van der Waals surface area contributed by atoms with Gasteiger partial charge in [-0.2, -0.15) is 0 Å². The van der Waals surface area contributed by atoms with Crippen LogP contribution in [-0.4, -0.2) is 13.1 Å². The summed E-state index contributed by atoms with van der Waals surface area (Å²) in [4.78, 5) is 0. The van der Waals surface area contributed by atoms with Crippen LogP contribution in [0.2, 0.25) is 0 Å². The Morgan fingerprint density at radius 3 is 1.57 bits per heavy atom. The van der Waals surface area contributed by atoms with Crippen molar-refractivity contribution in [1.29, 1.82) is 0 Å². The van der Waals surface area contributed by atoms with Crippen molar-refractivity contribution in [3.05, 3.63) is 0 Å². The van der Waals surface area contributed by atoms with Gasteiger partial charge in [-0.05, 0) is 25.8 Å². The van der Waals surface area contributed by atoms with Crippen molar-refractivity contribution in [2.24, 2.45) is 11.5 Å². The van der Waals surface area contributed by atoms with E-state index in [4.69, 9.17) is 17.0 Å². The molecule has 0 radical (unpaired) electrons. The van der Waals surface area contributed by atoms with Crippen LogP contribution < -0.4 is 11.5 Å². The first-order valence-electron chi connectivity index (χ1n) is 3.77. The largest absolute Gasteiger partial charge is 0.330 e. The number of halogens is 1. The number of rotatable bonds is 3. The van der Waals surface area contributed by atoms with Gasteiger partial charge < -0.3 is 11.5 Å². The molecular weight excluding hydrogens is 112 g/mol. The number of nitrogens with two attached hydrogens (primary N) is 2. The van der Waals surface area contributed by atoms with Crippen molar-refractivity contribution in [1.82, 2.24) is 0 Å². The number of hydrogen-bond donors (Lipinski definition) is 2. The molecule has 0 aliphatic heterocycles. The average Bonchev–Trinajstić information content (AvgIpc) is 1.88. The van der Waals surface area contributed by atoms with E-state index >= 15 is 0 Å². The molecular formula is C4H13ClN2. The third kappa shape index (κ3) is 10.7. The topological polar surface area (TPSA) is 52.0 Å². The fourth-order valence-electron chi connectivity index (χ4n) is 0.144. The fraction of sp³-hybridized carbons (Fsp3) is 1.00. The van der Waals surface area contributed by atoms with E-state index in [1.807, 2.05) is 0 Å². The highest BCUT2D eigenvalue weighted by molar-refractivity contribution is 5.85. The molecule has 2 nitrogen and oxygen atoms in total. The summed E-state index contributed by atoms with van der Waals surface area (Å²) in [6.07, 6.45) is -4.05. The highest BCUT2D eigenvalue weighted by Crippen LogP contribution is 1.77. The molecule has 0 rings (SSSR count). The van der Waals surface area contributed by atoms with Crippen LogP contribution >= 0.6 is 12.4 Å². The van der Waals surface area contributed by atoms with Crippen LogP contribution in [0, 0.1) is 0 Å². The Morgan fingerprint density at radius 1 is 1.14 bits per heavy atom. The van der Waals surface area contributed by atoms with Gasteiger partial charge in [0.2, 0.25) is 0 Å². The van der Waals surface area contributed by atoms with Crippen molar-refractivity contribution in [3.8, 4) is 0 Å². The minimum atomic E-state index is -2.03. The van der Waals surface area contributed by atoms with E-state index in [0.717, 1.165) is 0 Å². The van der Waals surface area contributed by atoms with Gasteiger partial charge >= 0.3 is 0 Å². The summed E-state index contributed by atoms with van der Waals surface area (Å²) < 4.78 is 28.3. The van der Waals surface area contributed by atoms with Crippen LogP contribution in [0.15, 0.2) is 0 Å². The van der Waals surface area contributed by atoms with E-state index in [9.17, 15) is 0 Å². The minimum Gasteiger partial charge on any atom is -0.330 e. The molecule has 0 aliphatic carbocycles. The van der Waals surface area contributed by atoms with E-state index in [1.165, 1.54) is 0 Å². The fourth-order valence-corrected chi connectivity index (χ4v) is 0.144. The Balaban J connectivity index is 0. The Morgan fingerprint density at radius 2 is 1.43 bits per heavy atom. The van der Waals surface area contributed by atoms with Crippen molar-refractivity contribution in [3.63, 3.8) is 0 Å². The molecule has 0 aliphatic rings. The average molecular weight is 129 g/mol. The summed E-state index contributed by atoms with van der Waals surface area (Å²) in [6, 6.07) is 0. The molecule has 0 aromatic heterocycles. The van der Waals surface area contributed by atoms with Gasteiger partial charge in [0, 0.05) is 5.48 Å². The zero-order valence-corrected chi connectivity index (χ0v) is 4.79. The van der Waals surface area contributed by atoms with Gasteiger partial charge in [0.1, 0.15) is 0 Å². The molecule has 46 valence electrons. The zero-order valence-electron chi connectivity index (χ0n) is 7.98. The summed E-state index contributed by atoms with van der Waals surface area (Å²) in [5.74, 6) is 0. The van der Waals surface area contributed by atoms with Crippen LogP contribution in [0.3, 0.4) is 0 Å². The molecule has 3 heteroatoms. The van der Waals surface area contributed by atoms with Crippen LogP contribution in [0.25, 0.3) is 0 Å². The van der Waals surface area contributed by atoms with Crippen LogP contribution in [0.4, 0.5) is 0 Å². The third-order valence-electron chi connectivity index (χ3n) is 0.329. The smallest absolute Gasteiger partial charge is 0.0280 e. The minimum absolute atomic E-state index is 0. The predicted octanol–water partition coefficient (Wildman–Crippen LogP) is 0.106. The highest BCUT2D eigenvalue weighted by atomic mass is 35.5. The SMILES string of the molecule is Cl.[2H]C([2H])(CN)C([2H])([2H])CN. The molecule has 0 saturated heterocycles. The maximum absolute atomic E-state index is 7.06. The maximum Gasteiger partial charge on any atom is 0.0280 e. The predicted molar refractivity (Wildman–Crippen MR) is 34.6 cm³/mol. The van der Waals surface area contributed by atoms with Gasteiger partial charge in [0.25, 0.3) is 0 Å². The van der Waals surface area contributed by atoms with Crippen molar-refractivity contribution < 1.29 is 5.48 Å². The molecule has 0 saturated carbocycles. The second-order valence-corrected chi connectivity index (χ2v) is 0.762. The summed E-state index contributed by atoms with van der Waals surface area (Å²) in [7, 11) is 0. The summed E-state index contributed by atoms with van der Waals surface area (Å²) in [5, 5.41) is 0. The number of hydrogen-bond acceptors (Lipinski definition) is 2. The van der Waals surface area contributed by atoms with Crippen LogP contribution in [0.1, 0.15) is 18.2 Å². The molecule has 4 N–H and O–H groups in total. The Bertz CT molecular complexity index is 105. The Labute approximate surface area is 56.3 Å².